The van der Waals surface area contributed by atoms with Gasteiger partial charge in [-0.25, -0.2) is 0 Å². The van der Waals surface area contributed by atoms with Crippen LogP contribution < -0.4 is 4.74 Å². The maximum atomic E-state index is 5.99. The van der Waals surface area contributed by atoms with Gasteiger partial charge in [-0.1, -0.05) is 18.2 Å². The number of para-hydroxylation sites is 1. The van der Waals surface area contributed by atoms with Crippen molar-refractivity contribution in [3.8, 4) is 5.75 Å². The summed E-state index contributed by atoms with van der Waals surface area (Å²) in [4.78, 5) is 0. The zero-order chi connectivity index (χ0) is 7.84. The van der Waals surface area contributed by atoms with Crippen molar-refractivity contribution in [3.63, 3.8) is 0 Å². The second-order valence-electron chi connectivity index (χ2n) is 2.45. The van der Waals surface area contributed by atoms with E-state index in [1.165, 1.54) is 0 Å². The van der Waals surface area contributed by atoms with Gasteiger partial charge in [0, 0.05) is 5.56 Å². The van der Waals surface area contributed by atoms with Gasteiger partial charge in [-0.15, -0.1) is 24.2 Å². The molecule has 1 nitrogen and oxygen atoms in total. The van der Waals surface area contributed by atoms with Crippen molar-refractivity contribution in [1.82, 2.24) is 0 Å². The molecule has 0 bridgehead atoms. The molecule has 58 valence electrons. The number of hydrogen-bond donors (Lipinski definition) is 1. The summed E-state index contributed by atoms with van der Waals surface area (Å²) in [6, 6.07) is 7.74. The van der Waals surface area contributed by atoms with Gasteiger partial charge in [0.1, 0.15) is 11.1 Å². The second-order valence-corrected chi connectivity index (χ2v) is 3.43. The van der Waals surface area contributed by atoms with E-state index in [2.05, 4.69) is 12.6 Å². The minimum Gasteiger partial charge on any atom is -0.478 e. The van der Waals surface area contributed by atoms with Gasteiger partial charge in [-0.2, -0.15) is 0 Å². The Morgan fingerprint density at radius 2 is 2.09 bits per heavy atom. The van der Waals surface area contributed by atoms with Gasteiger partial charge < -0.3 is 4.74 Å². The van der Waals surface area contributed by atoms with Crippen LogP contribution in [0.2, 0.25) is 0 Å². The fourth-order valence-corrected chi connectivity index (χ4v) is 1.66. The number of benzene rings is 1. The summed E-state index contributed by atoms with van der Waals surface area (Å²) in [5.41, 5.74) is 0.836. The van der Waals surface area contributed by atoms with Crippen LogP contribution >= 0.6 is 24.2 Å². The summed E-state index contributed by atoms with van der Waals surface area (Å²) in [6.07, 6.45) is 0. The largest absolute Gasteiger partial charge is 0.478 e. The first-order chi connectivity index (χ1) is 5.29. The molecule has 3 heteroatoms. The number of fused-ring (bicyclic) bond motifs is 1. The first kappa shape index (κ1) is 7.32. The normalized spacial score (nSPS) is 27.8. The van der Waals surface area contributed by atoms with Gasteiger partial charge in [0.15, 0.2) is 5.44 Å². The number of ether oxygens (including phenoxy) is 1. The second kappa shape index (κ2) is 2.61. The summed E-state index contributed by atoms with van der Waals surface area (Å²) >= 11 is 10.2. The average molecular weight is 187 g/mol. The third kappa shape index (κ3) is 1.10. The molecule has 2 atom stereocenters. The molecule has 2 unspecified atom stereocenters. The summed E-state index contributed by atoms with van der Waals surface area (Å²) in [5, 5.41) is -0.116. The number of thiol groups is 1. The summed E-state index contributed by atoms with van der Waals surface area (Å²) in [7, 11) is 0. The molecule has 0 saturated carbocycles. The molecule has 0 spiro atoms. The van der Waals surface area contributed by atoms with E-state index in [-0.39, 0.29) is 10.8 Å². The summed E-state index contributed by atoms with van der Waals surface area (Å²) < 4.78 is 5.35. The topological polar surface area (TPSA) is 9.23 Å². The van der Waals surface area contributed by atoms with Gasteiger partial charge in [0.05, 0.1) is 0 Å². The zero-order valence-electron chi connectivity index (χ0n) is 5.70. The minimum atomic E-state index is -0.200. The predicted octanol–water partition coefficient (Wildman–Crippen LogP) is 2.61. The molecule has 0 amide bonds. The molecule has 0 radical (unpaired) electrons. The molecular formula is C8H7ClOS. The lowest BCUT2D eigenvalue weighted by atomic mass is 10.2. The van der Waals surface area contributed by atoms with E-state index < -0.39 is 0 Å². The lowest BCUT2D eigenvalue weighted by Gasteiger charge is -2.03. The molecule has 0 saturated heterocycles. The average Bonchev–Trinajstić information content (AvgIpc) is 2.30. The highest BCUT2D eigenvalue weighted by atomic mass is 35.5. The molecule has 1 aliphatic rings. The summed E-state index contributed by atoms with van der Waals surface area (Å²) in [6.45, 7) is 0. The molecule has 0 aliphatic carbocycles. The van der Waals surface area contributed by atoms with Crippen LogP contribution in [-0.2, 0) is 0 Å². The quantitative estimate of drug-likeness (QED) is 0.484. The smallest absolute Gasteiger partial charge is 0.162 e. The number of halogens is 1. The first-order valence-corrected chi connectivity index (χ1v) is 4.32. The van der Waals surface area contributed by atoms with Crippen LogP contribution in [0, 0.1) is 0 Å². The van der Waals surface area contributed by atoms with Gasteiger partial charge >= 0.3 is 0 Å². The predicted molar refractivity (Wildman–Crippen MR) is 48.4 cm³/mol. The summed E-state index contributed by atoms with van der Waals surface area (Å²) in [5.74, 6) is 0.854. The Labute approximate surface area is 75.7 Å². The SMILES string of the molecule is SC1Oc2ccccc2C1Cl. The van der Waals surface area contributed by atoms with Crippen LogP contribution in [-0.4, -0.2) is 5.44 Å². The maximum Gasteiger partial charge on any atom is 0.162 e. The van der Waals surface area contributed by atoms with Crippen LogP contribution in [0.4, 0.5) is 0 Å². The van der Waals surface area contributed by atoms with Crippen molar-refractivity contribution >= 4 is 24.2 Å². The molecule has 1 aromatic rings. The Morgan fingerprint density at radius 3 is 2.82 bits per heavy atom. The van der Waals surface area contributed by atoms with Crippen LogP contribution in [0.1, 0.15) is 10.9 Å². The van der Waals surface area contributed by atoms with Crippen molar-refractivity contribution in [2.45, 2.75) is 10.8 Å². The minimum absolute atomic E-state index is 0.116. The van der Waals surface area contributed by atoms with Crippen molar-refractivity contribution < 1.29 is 4.74 Å². The lowest BCUT2D eigenvalue weighted by Crippen LogP contribution is -2.05. The zero-order valence-corrected chi connectivity index (χ0v) is 7.35. The fraction of sp³-hybridized carbons (Fsp3) is 0.250. The lowest BCUT2D eigenvalue weighted by molar-refractivity contribution is 0.321. The van der Waals surface area contributed by atoms with E-state index in [9.17, 15) is 0 Å². The molecule has 0 N–H and O–H groups in total. The number of alkyl halides is 1. The van der Waals surface area contributed by atoms with Gasteiger partial charge in [0.25, 0.3) is 0 Å². The third-order valence-corrected chi connectivity index (χ3v) is 2.76. The van der Waals surface area contributed by atoms with Gasteiger partial charge in [0.2, 0.25) is 0 Å². The van der Waals surface area contributed by atoms with E-state index in [0.717, 1.165) is 11.3 Å². The third-order valence-electron chi connectivity index (χ3n) is 1.71. The van der Waals surface area contributed by atoms with E-state index >= 15 is 0 Å². The van der Waals surface area contributed by atoms with E-state index in [1.54, 1.807) is 0 Å². The van der Waals surface area contributed by atoms with Crippen LogP contribution in [0.15, 0.2) is 24.3 Å². The molecule has 2 rings (SSSR count). The Kier molecular flexibility index (Phi) is 1.74. The van der Waals surface area contributed by atoms with Crippen molar-refractivity contribution in [1.29, 1.82) is 0 Å². The molecule has 0 fully saturated rings. The van der Waals surface area contributed by atoms with Gasteiger partial charge in [-0.3, -0.25) is 0 Å². The Morgan fingerprint density at radius 1 is 1.36 bits per heavy atom. The van der Waals surface area contributed by atoms with E-state index in [1.807, 2.05) is 24.3 Å². The highest BCUT2D eigenvalue weighted by Gasteiger charge is 2.29. The molecule has 1 aliphatic heterocycles. The van der Waals surface area contributed by atoms with E-state index in [4.69, 9.17) is 16.3 Å². The first-order valence-electron chi connectivity index (χ1n) is 3.37. The number of hydrogen-bond acceptors (Lipinski definition) is 2. The molecule has 1 heterocycles. The fourth-order valence-electron chi connectivity index (χ4n) is 1.16. The molecule has 11 heavy (non-hydrogen) atoms. The van der Waals surface area contributed by atoms with Crippen molar-refractivity contribution in [2.24, 2.45) is 0 Å². The molecule has 0 aromatic heterocycles. The van der Waals surface area contributed by atoms with Crippen molar-refractivity contribution in [2.75, 3.05) is 0 Å². The van der Waals surface area contributed by atoms with Crippen LogP contribution in [0.25, 0.3) is 0 Å². The Hall–Kier alpha value is -0.340. The highest BCUT2D eigenvalue weighted by Crippen LogP contribution is 2.41. The van der Waals surface area contributed by atoms with Crippen LogP contribution in [0.5, 0.6) is 5.75 Å². The highest BCUT2D eigenvalue weighted by molar-refractivity contribution is 7.80. The number of rotatable bonds is 0. The molecule has 1 aromatic carbocycles. The Balaban J connectivity index is 2.47. The van der Waals surface area contributed by atoms with Gasteiger partial charge in [-0.05, 0) is 6.07 Å². The van der Waals surface area contributed by atoms with Crippen LogP contribution in [0.3, 0.4) is 0 Å². The van der Waals surface area contributed by atoms with Crippen molar-refractivity contribution in [3.05, 3.63) is 29.8 Å². The standard InChI is InChI=1S/C8H7ClOS/c9-7-5-3-1-2-4-6(5)10-8(7)11/h1-4,7-8,11H. The monoisotopic (exact) mass is 186 g/mol. The van der Waals surface area contributed by atoms with E-state index in [0.29, 0.717) is 0 Å². The molecular weight excluding hydrogens is 180 g/mol. The maximum absolute atomic E-state index is 5.99. The Bertz CT molecular complexity index is 277.